The summed E-state index contributed by atoms with van der Waals surface area (Å²) in [5.41, 5.74) is 0. The van der Waals surface area contributed by atoms with Crippen molar-refractivity contribution in [1.29, 1.82) is 0 Å². The minimum absolute atomic E-state index is 1.31. The zero-order chi connectivity index (χ0) is 84.8. The summed E-state index contributed by atoms with van der Waals surface area (Å²) in [5, 5.41) is 31.6. The molecule has 0 unspecified atom stereocenters. The van der Waals surface area contributed by atoms with E-state index in [4.69, 9.17) is 0 Å². The van der Waals surface area contributed by atoms with Gasteiger partial charge in [-0.2, -0.15) is 0 Å². The summed E-state index contributed by atoms with van der Waals surface area (Å²) < 4.78 is 0. The van der Waals surface area contributed by atoms with Crippen molar-refractivity contribution in [2.24, 2.45) is 0 Å². The third kappa shape index (κ3) is 31.1. The summed E-state index contributed by atoms with van der Waals surface area (Å²) in [6.07, 6.45) is 0. The van der Waals surface area contributed by atoms with Gasteiger partial charge in [0.05, 0.1) is 0 Å². The molecule has 0 heterocycles. The Morgan fingerprint density at radius 3 is 0.276 bits per heavy atom. The maximum absolute atomic E-state index is 2.24. The lowest BCUT2D eigenvalue weighted by Gasteiger charge is -2.02. The normalized spacial score (nSPS) is 9.21. The van der Waals surface area contributed by atoms with Crippen molar-refractivity contribution >= 4 is 129 Å². The number of hydrogen-bond acceptors (Lipinski definition) is 0. The Hall–Kier alpha value is -12.5. The highest BCUT2D eigenvalue weighted by Gasteiger charge is 2.02. The lowest BCUT2D eigenvalue weighted by Crippen LogP contribution is -1.75. The van der Waals surface area contributed by atoms with Crippen LogP contribution in [0.3, 0.4) is 0 Å². The predicted molar refractivity (Wildman–Crippen MR) is 535 cm³/mol. The molecule has 0 atom stereocenters. The van der Waals surface area contributed by atoms with Gasteiger partial charge in [-0.15, -0.1) is 0 Å². The van der Waals surface area contributed by atoms with Crippen molar-refractivity contribution in [3.05, 3.63) is 437 Å². The minimum Gasteiger partial charge on any atom is -0.0683 e. The monoisotopic (exact) mass is 1530 g/mol. The van der Waals surface area contributed by atoms with E-state index in [1.54, 1.807) is 0 Å². The molecule has 0 aliphatic carbocycles. The molecule has 0 heteroatoms. The molecule has 0 aliphatic rings. The second kappa shape index (κ2) is 61.1. The van der Waals surface area contributed by atoms with Gasteiger partial charge in [0.15, 0.2) is 0 Å². The van der Waals surface area contributed by atoms with Gasteiger partial charge in [-0.05, 0) is 166 Å². The third-order valence-electron chi connectivity index (χ3n) is 17.1. The maximum atomic E-state index is 2.24. The summed E-state index contributed by atoms with van der Waals surface area (Å²) in [5.74, 6) is 0. The quantitative estimate of drug-likeness (QED) is 0.105. The largest absolute Gasteiger partial charge is 0.0683 e. The minimum atomic E-state index is 1.31. The lowest BCUT2D eigenvalue weighted by molar-refractivity contribution is 1.50. The molecule has 0 aromatic heterocycles. The van der Waals surface area contributed by atoms with Crippen molar-refractivity contribution in [3.63, 3.8) is 0 Å². The Balaban J connectivity index is 0.000000335. The average Bonchev–Trinajstić information content (AvgIpc) is 0.804. The van der Waals surface area contributed by atoms with Crippen LogP contribution in [0.15, 0.2) is 437 Å². The zero-order valence-corrected chi connectivity index (χ0v) is 73.6. The molecule has 0 saturated carbocycles. The number of rotatable bonds is 0. The van der Waals surface area contributed by atoms with Crippen molar-refractivity contribution in [2.75, 3.05) is 0 Å². The van der Waals surface area contributed by atoms with E-state index >= 15 is 0 Å². The molecule has 0 radical (unpaired) electrons. The lowest BCUT2D eigenvalue weighted by atomic mass is 10.0. The van der Waals surface area contributed by atoms with Gasteiger partial charge in [0, 0.05) is 0 Å². The first-order valence-corrected chi connectivity index (χ1v) is 42.9. The SMILES string of the molecule is CC.CC.CC.CC.CC.CC.CC.CC.CC.CC.c1ccc2c(c1)ccc1ccccc12.c1ccc2c(c1)ccc1ccccc12.c1ccc2cc3ccccc3cc2c1.c1ccc2cc3ccccc3cc2c1.c1ccc2cc3ccccc3cc2c1.c1ccc2ccccc2c1.c1ccc2ccccc2c1.c1ccccc1. The second-order valence-electron chi connectivity index (χ2n) is 23.5. The Morgan fingerprint density at radius 1 is 0.0776 bits per heavy atom. The topological polar surface area (TPSA) is 0 Å². The molecule has 0 aliphatic heterocycles. The Kier molecular flexibility index (Phi) is 51.5. The fourth-order valence-electron chi connectivity index (χ4n) is 12.2. The van der Waals surface area contributed by atoms with Crippen LogP contribution in [0.25, 0.3) is 129 Å². The van der Waals surface area contributed by atoms with E-state index in [0.717, 1.165) is 0 Å². The van der Waals surface area contributed by atoms with Gasteiger partial charge in [-0.1, -0.05) is 539 Å². The van der Waals surface area contributed by atoms with Crippen LogP contribution in [0.2, 0.25) is 0 Å². The molecule has 0 nitrogen and oxygen atoms in total. The molecule has 0 fully saturated rings. The molecule has 0 N–H and O–H groups in total. The second-order valence-corrected chi connectivity index (χ2v) is 23.5. The van der Waals surface area contributed by atoms with E-state index in [1.807, 2.05) is 175 Å². The van der Waals surface area contributed by atoms with Crippen molar-refractivity contribution in [3.8, 4) is 0 Å². The van der Waals surface area contributed by atoms with E-state index in [1.165, 1.54) is 129 Å². The predicted octanol–water partition coefficient (Wildman–Crippen LogP) is 37.6. The molecule has 20 aromatic rings. The molecule has 0 spiro atoms. The number of fused-ring (bicyclic) bond motifs is 14. The summed E-state index contributed by atoms with van der Waals surface area (Å²) in [6.45, 7) is 40.0. The Labute approximate surface area is 699 Å². The van der Waals surface area contributed by atoms with E-state index < -0.39 is 0 Å². The first kappa shape index (κ1) is 97.7. The van der Waals surface area contributed by atoms with Crippen LogP contribution in [0.5, 0.6) is 0 Å². The molecule has 596 valence electrons. The average molecular weight is 1530 g/mol. The van der Waals surface area contributed by atoms with E-state index in [-0.39, 0.29) is 0 Å². The molecule has 0 bridgehead atoms. The van der Waals surface area contributed by atoms with Crippen LogP contribution in [-0.2, 0) is 0 Å². The van der Waals surface area contributed by atoms with Crippen molar-refractivity contribution in [1.82, 2.24) is 0 Å². The fourth-order valence-corrected chi connectivity index (χ4v) is 12.2. The molecule has 0 amide bonds. The Bertz CT molecular complexity index is 4800. The van der Waals surface area contributed by atoms with Gasteiger partial charge in [0.2, 0.25) is 0 Å². The molecule has 20 rings (SSSR count). The third-order valence-corrected chi connectivity index (χ3v) is 17.1. The first-order valence-electron chi connectivity index (χ1n) is 42.9. The highest BCUT2D eigenvalue weighted by atomic mass is 14.1. The summed E-state index contributed by atoms with van der Waals surface area (Å²) in [6, 6.07) is 152. The highest BCUT2D eigenvalue weighted by molar-refractivity contribution is 6.09. The van der Waals surface area contributed by atoms with Crippen molar-refractivity contribution < 1.29 is 0 Å². The fraction of sp³-hybridized carbons (Fsp3) is 0.172. The molecular formula is C116H132. The van der Waals surface area contributed by atoms with Gasteiger partial charge < -0.3 is 0 Å². The molecule has 116 heavy (non-hydrogen) atoms. The summed E-state index contributed by atoms with van der Waals surface area (Å²) >= 11 is 0. The van der Waals surface area contributed by atoms with Crippen LogP contribution in [0, 0.1) is 0 Å². The van der Waals surface area contributed by atoms with E-state index in [0.29, 0.717) is 0 Å². The van der Waals surface area contributed by atoms with Gasteiger partial charge in [-0.25, -0.2) is 0 Å². The van der Waals surface area contributed by atoms with Crippen LogP contribution >= 0.6 is 0 Å². The molecular weight excluding hydrogens is 1390 g/mol. The summed E-state index contributed by atoms with van der Waals surface area (Å²) in [4.78, 5) is 0. The maximum Gasteiger partial charge on any atom is -0.0105 e. The van der Waals surface area contributed by atoms with Crippen LogP contribution < -0.4 is 0 Å². The molecule has 0 saturated heterocycles. The van der Waals surface area contributed by atoms with Gasteiger partial charge in [0.25, 0.3) is 0 Å². The number of benzene rings is 20. The first-order chi connectivity index (χ1) is 57.6. The highest BCUT2D eigenvalue weighted by Crippen LogP contribution is 2.28. The molecule has 20 aromatic carbocycles. The Morgan fingerprint density at radius 2 is 0.164 bits per heavy atom. The standard InChI is InChI=1S/5C14H10.2C10H8.C6H6.10C2H6/c2*1-3-7-13-11(5-1)9-10-12-6-2-4-8-14(12)13;3*1-2-6-12-10-14-8-4-3-7-13(14)9-11(12)5-1;2*1-2-6-10-8-4-3-7-9(10)5-1;1-2-4-6-5-3-1;10*1-2/h5*1-10H;2*1-8H;1-6H;10*1-2H3. The van der Waals surface area contributed by atoms with Crippen LogP contribution in [-0.4, -0.2) is 0 Å². The van der Waals surface area contributed by atoms with Crippen molar-refractivity contribution in [2.45, 2.75) is 138 Å². The smallest absolute Gasteiger partial charge is 0.0105 e. The van der Waals surface area contributed by atoms with E-state index in [2.05, 4.69) is 400 Å². The van der Waals surface area contributed by atoms with E-state index in [9.17, 15) is 0 Å². The zero-order valence-electron chi connectivity index (χ0n) is 73.6. The summed E-state index contributed by atoms with van der Waals surface area (Å²) in [7, 11) is 0. The number of hydrogen-bond donors (Lipinski definition) is 0. The van der Waals surface area contributed by atoms with Gasteiger partial charge in [-0.3, -0.25) is 0 Å². The van der Waals surface area contributed by atoms with Gasteiger partial charge >= 0.3 is 0 Å². The van der Waals surface area contributed by atoms with Crippen LogP contribution in [0.4, 0.5) is 0 Å². The van der Waals surface area contributed by atoms with Crippen LogP contribution in [0.1, 0.15) is 138 Å². The van der Waals surface area contributed by atoms with Gasteiger partial charge in [0.1, 0.15) is 0 Å².